The zero-order valence-electron chi connectivity index (χ0n) is 10.4. The standard InChI is InChI=1S/C10H24N2O5/c1-3-7(11)16-9(13)5-15-6-10(14)17-8(12)4-2/h7-10,13-14H,3-6,11-12H2,1-2H3. The van der Waals surface area contributed by atoms with Crippen molar-refractivity contribution in [3.05, 3.63) is 0 Å². The van der Waals surface area contributed by atoms with Crippen molar-refractivity contribution >= 4 is 0 Å². The Morgan fingerprint density at radius 2 is 1.24 bits per heavy atom. The average molecular weight is 252 g/mol. The van der Waals surface area contributed by atoms with Crippen molar-refractivity contribution in [1.29, 1.82) is 0 Å². The average Bonchev–Trinajstić information content (AvgIpc) is 2.28. The van der Waals surface area contributed by atoms with Gasteiger partial charge in [-0.2, -0.15) is 0 Å². The van der Waals surface area contributed by atoms with Gasteiger partial charge >= 0.3 is 0 Å². The molecule has 7 nitrogen and oxygen atoms in total. The van der Waals surface area contributed by atoms with Gasteiger partial charge in [-0.1, -0.05) is 13.8 Å². The van der Waals surface area contributed by atoms with E-state index in [-0.39, 0.29) is 13.2 Å². The lowest BCUT2D eigenvalue weighted by Gasteiger charge is -2.19. The second-order valence-corrected chi connectivity index (χ2v) is 3.61. The summed E-state index contributed by atoms with van der Waals surface area (Å²) >= 11 is 0. The van der Waals surface area contributed by atoms with E-state index in [9.17, 15) is 10.2 Å². The van der Waals surface area contributed by atoms with Crippen LogP contribution in [0.3, 0.4) is 0 Å². The Morgan fingerprint density at radius 3 is 1.53 bits per heavy atom. The van der Waals surface area contributed by atoms with E-state index in [0.29, 0.717) is 12.8 Å². The summed E-state index contributed by atoms with van der Waals surface area (Å²) in [5, 5.41) is 18.6. The molecule has 0 saturated carbocycles. The number of aliphatic hydroxyl groups excluding tert-OH is 2. The summed E-state index contributed by atoms with van der Waals surface area (Å²) in [6, 6.07) is 0. The second-order valence-electron chi connectivity index (χ2n) is 3.61. The third-order valence-electron chi connectivity index (χ3n) is 1.99. The van der Waals surface area contributed by atoms with Crippen LogP contribution in [0.25, 0.3) is 0 Å². The summed E-state index contributed by atoms with van der Waals surface area (Å²) in [5.74, 6) is 0. The van der Waals surface area contributed by atoms with Crippen LogP contribution < -0.4 is 11.5 Å². The van der Waals surface area contributed by atoms with Gasteiger partial charge in [-0.3, -0.25) is 0 Å². The van der Waals surface area contributed by atoms with Crippen LogP contribution >= 0.6 is 0 Å². The lowest BCUT2D eigenvalue weighted by atomic mass is 10.4. The first-order valence-electron chi connectivity index (χ1n) is 5.75. The van der Waals surface area contributed by atoms with Crippen molar-refractivity contribution in [2.24, 2.45) is 11.5 Å². The van der Waals surface area contributed by atoms with Gasteiger partial charge in [0.15, 0.2) is 12.6 Å². The molecule has 0 fully saturated rings. The SMILES string of the molecule is CCC(N)OC(O)COCC(O)OC(N)CC. The number of rotatable bonds is 10. The summed E-state index contributed by atoms with van der Waals surface area (Å²) in [7, 11) is 0. The van der Waals surface area contributed by atoms with Crippen LogP contribution in [0.2, 0.25) is 0 Å². The Bertz CT molecular complexity index is 166. The highest BCUT2D eigenvalue weighted by atomic mass is 16.7. The van der Waals surface area contributed by atoms with Crippen LogP contribution in [0.5, 0.6) is 0 Å². The first-order valence-corrected chi connectivity index (χ1v) is 5.75. The van der Waals surface area contributed by atoms with E-state index in [2.05, 4.69) is 0 Å². The van der Waals surface area contributed by atoms with Crippen LogP contribution in [0.4, 0.5) is 0 Å². The smallest absolute Gasteiger partial charge is 0.180 e. The van der Waals surface area contributed by atoms with Crippen LogP contribution in [-0.2, 0) is 14.2 Å². The Labute approximate surface area is 102 Å². The Morgan fingerprint density at radius 1 is 0.882 bits per heavy atom. The maximum atomic E-state index is 9.32. The zero-order chi connectivity index (χ0) is 13.3. The van der Waals surface area contributed by atoms with Crippen molar-refractivity contribution < 1.29 is 24.4 Å². The van der Waals surface area contributed by atoms with Gasteiger partial charge in [-0.05, 0) is 12.8 Å². The fourth-order valence-corrected chi connectivity index (χ4v) is 0.944. The molecule has 0 bridgehead atoms. The lowest BCUT2D eigenvalue weighted by molar-refractivity contribution is -0.198. The molecule has 0 aliphatic heterocycles. The monoisotopic (exact) mass is 252 g/mol. The van der Waals surface area contributed by atoms with Crippen molar-refractivity contribution in [2.45, 2.75) is 51.7 Å². The van der Waals surface area contributed by atoms with Crippen LogP contribution in [-0.4, -0.2) is 48.5 Å². The Hall–Kier alpha value is -0.280. The Balaban J connectivity index is 3.55. The quantitative estimate of drug-likeness (QED) is 0.370. The normalized spacial score (nSPS) is 18.7. The summed E-state index contributed by atoms with van der Waals surface area (Å²) in [4.78, 5) is 0. The van der Waals surface area contributed by atoms with Gasteiger partial charge in [0, 0.05) is 0 Å². The van der Waals surface area contributed by atoms with E-state index in [4.69, 9.17) is 25.7 Å². The summed E-state index contributed by atoms with van der Waals surface area (Å²) in [6.45, 7) is 3.49. The highest BCUT2D eigenvalue weighted by Gasteiger charge is 2.12. The molecule has 7 heteroatoms. The molecule has 0 amide bonds. The van der Waals surface area contributed by atoms with Gasteiger partial charge in [0.25, 0.3) is 0 Å². The van der Waals surface area contributed by atoms with Crippen LogP contribution in [0, 0.1) is 0 Å². The van der Waals surface area contributed by atoms with Crippen molar-refractivity contribution in [1.82, 2.24) is 0 Å². The van der Waals surface area contributed by atoms with Gasteiger partial charge in [-0.15, -0.1) is 0 Å². The summed E-state index contributed by atoms with van der Waals surface area (Å²) < 4.78 is 14.9. The molecular formula is C10H24N2O5. The molecule has 0 saturated heterocycles. The number of hydrogen-bond acceptors (Lipinski definition) is 7. The Kier molecular flexibility index (Phi) is 9.56. The number of hydrogen-bond donors (Lipinski definition) is 4. The topological polar surface area (TPSA) is 120 Å². The van der Waals surface area contributed by atoms with Gasteiger partial charge in [0.05, 0.1) is 13.2 Å². The maximum Gasteiger partial charge on any atom is 0.180 e. The van der Waals surface area contributed by atoms with Crippen molar-refractivity contribution in [3.63, 3.8) is 0 Å². The minimum Gasteiger partial charge on any atom is -0.371 e. The number of aliphatic hydroxyl groups is 2. The van der Waals surface area contributed by atoms with E-state index in [1.54, 1.807) is 0 Å². The second kappa shape index (κ2) is 9.72. The molecule has 104 valence electrons. The van der Waals surface area contributed by atoms with Gasteiger partial charge in [0.1, 0.15) is 12.5 Å². The molecule has 4 unspecified atom stereocenters. The molecule has 0 aliphatic rings. The molecule has 0 aromatic rings. The molecule has 4 atom stereocenters. The molecule has 0 aromatic carbocycles. The predicted octanol–water partition coefficient (Wildman–Crippen LogP) is -0.937. The zero-order valence-corrected chi connectivity index (χ0v) is 10.4. The third-order valence-corrected chi connectivity index (χ3v) is 1.99. The molecule has 0 spiro atoms. The molecule has 17 heavy (non-hydrogen) atoms. The van der Waals surface area contributed by atoms with Crippen LogP contribution in [0.15, 0.2) is 0 Å². The lowest BCUT2D eigenvalue weighted by Crippen LogP contribution is -2.34. The predicted molar refractivity (Wildman–Crippen MR) is 61.5 cm³/mol. The van der Waals surface area contributed by atoms with Gasteiger partial charge < -0.3 is 35.9 Å². The van der Waals surface area contributed by atoms with Crippen molar-refractivity contribution in [3.8, 4) is 0 Å². The highest BCUT2D eigenvalue weighted by Crippen LogP contribution is 1.99. The summed E-state index contributed by atoms with van der Waals surface area (Å²) in [5.41, 5.74) is 10.9. The third kappa shape index (κ3) is 9.42. The van der Waals surface area contributed by atoms with Gasteiger partial charge in [0.2, 0.25) is 0 Å². The van der Waals surface area contributed by atoms with Gasteiger partial charge in [-0.25, -0.2) is 0 Å². The minimum absolute atomic E-state index is 0.0878. The number of ether oxygens (including phenoxy) is 3. The van der Waals surface area contributed by atoms with Crippen molar-refractivity contribution in [2.75, 3.05) is 13.2 Å². The molecule has 0 rings (SSSR count). The van der Waals surface area contributed by atoms with E-state index in [1.807, 2.05) is 13.8 Å². The molecule has 0 aliphatic carbocycles. The molecule has 6 N–H and O–H groups in total. The first kappa shape index (κ1) is 16.7. The number of nitrogens with two attached hydrogens (primary N) is 2. The largest absolute Gasteiger partial charge is 0.371 e. The summed E-state index contributed by atoms with van der Waals surface area (Å²) in [6.07, 6.45) is -2.09. The van der Waals surface area contributed by atoms with Crippen LogP contribution in [0.1, 0.15) is 26.7 Å². The fourth-order valence-electron chi connectivity index (χ4n) is 0.944. The fraction of sp³-hybridized carbons (Fsp3) is 1.00. The molecule has 0 aromatic heterocycles. The van der Waals surface area contributed by atoms with E-state index < -0.39 is 25.0 Å². The minimum atomic E-state index is -1.11. The molecule has 0 radical (unpaired) electrons. The highest BCUT2D eigenvalue weighted by molar-refractivity contribution is 4.48. The first-order chi connectivity index (χ1) is 7.99. The van der Waals surface area contributed by atoms with E-state index in [0.717, 1.165) is 0 Å². The maximum absolute atomic E-state index is 9.32. The molecular weight excluding hydrogens is 228 g/mol. The van der Waals surface area contributed by atoms with E-state index >= 15 is 0 Å². The van der Waals surface area contributed by atoms with E-state index in [1.165, 1.54) is 0 Å². The molecule has 0 heterocycles.